The summed E-state index contributed by atoms with van der Waals surface area (Å²) < 4.78 is 44.2. The van der Waals surface area contributed by atoms with Crippen LogP contribution in [0.2, 0.25) is 0 Å². The van der Waals surface area contributed by atoms with Gasteiger partial charge in [-0.15, -0.1) is 0 Å². The van der Waals surface area contributed by atoms with E-state index in [1.165, 1.54) is 6.07 Å². The number of hydrogen-bond acceptors (Lipinski definition) is 5. The van der Waals surface area contributed by atoms with Gasteiger partial charge in [-0.3, -0.25) is 9.78 Å². The highest BCUT2D eigenvalue weighted by Gasteiger charge is 2.35. The van der Waals surface area contributed by atoms with Crippen LogP contribution in [0.4, 0.5) is 19.0 Å². The maximum Gasteiger partial charge on any atom is 0.417 e. The van der Waals surface area contributed by atoms with E-state index in [4.69, 9.17) is 10.5 Å². The van der Waals surface area contributed by atoms with E-state index in [1.54, 1.807) is 23.1 Å². The number of nitrogens with zero attached hydrogens (tertiary/aromatic N) is 3. The number of hydrogen-bond donors (Lipinski definition) is 1. The van der Waals surface area contributed by atoms with E-state index >= 15 is 0 Å². The van der Waals surface area contributed by atoms with Crippen LogP contribution in [0.3, 0.4) is 0 Å². The maximum absolute atomic E-state index is 13.4. The molecule has 2 aliphatic rings. The van der Waals surface area contributed by atoms with E-state index in [0.717, 1.165) is 41.6 Å². The zero-order chi connectivity index (χ0) is 22.6. The molecule has 32 heavy (non-hydrogen) atoms. The number of carbonyl (C=O) groups is 1. The van der Waals surface area contributed by atoms with Crippen LogP contribution >= 0.6 is 0 Å². The van der Waals surface area contributed by atoms with Crippen molar-refractivity contribution < 1.29 is 22.7 Å². The van der Waals surface area contributed by atoms with Crippen molar-refractivity contribution in [3.8, 4) is 0 Å². The number of alkyl halides is 3. The first-order chi connectivity index (χ1) is 15.2. The van der Waals surface area contributed by atoms with Crippen LogP contribution in [0.25, 0.3) is 10.9 Å². The second-order valence-electron chi connectivity index (χ2n) is 8.27. The smallest absolute Gasteiger partial charge is 0.383 e. The molecule has 9 heteroatoms. The molecule has 2 aromatic heterocycles. The number of benzene rings is 1. The minimum Gasteiger partial charge on any atom is -0.383 e. The van der Waals surface area contributed by atoms with Gasteiger partial charge in [-0.05, 0) is 55.7 Å². The number of nitrogens with two attached hydrogens (primary N) is 1. The molecule has 0 unspecified atom stereocenters. The summed E-state index contributed by atoms with van der Waals surface area (Å²) in [4.78, 5) is 23.4. The predicted octanol–water partition coefficient (Wildman–Crippen LogP) is 4.63. The molecular formula is C23H21F3N4O2. The zero-order valence-corrected chi connectivity index (χ0v) is 17.3. The number of nitrogen functional groups attached to an aromatic ring is 1. The van der Waals surface area contributed by atoms with Gasteiger partial charge in [-0.25, -0.2) is 4.98 Å². The van der Waals surface area contributed by atoms with Gasteiger partial charge in [0.25, 0.3) is 5.91 Å². The van der Waals surface area contributed by atoms with Crippen LogP contribution in [0.1, 0.15) is 58.6 Å². The van der Waals surface area contributed by atoms with Gasteiger partial charge >= 0.3 is 6.18 Å². The molecule has 0 radical (unpaired) electrons. The molecule has 1 atom stereocenters. The molecule has 5 rings (SSSR count). The number of ether oxygens (including phenoxy) is 1. The van der Waals surface area contributed by atoms with Crippen LogP contribution in [0.5, 0.6) is 0 Å². The molecule has 1 aromatic carbocycles. The molecule has 1 fully saturated rings. The first-order valence-corrected chi connectivity index (χ1v) is 10.4. The molecule has 3 aromatic rings. The van der Waals surface area contributed by atoms with Gasteiger partial charge in [0.1, 0.15) is 5.82 Å². The molecule has 0 bridgehead atoms. The summed E-state index contributed by atoms with van der Waals surface area (Å²) in [5.41, 5.74) is 8.69. The molecule has 1 aliphatic carbocycles. The Hall–Kier alpha value is -3.20. The van der Waals surface area contributed by atoms with E-state index in [2.05, 4.69) is 9.97 Å². The fourth-order valence-electron chi connectivity index (χ4n) is 4.18. The topological polar surface area (TPSA) is 81.3 Å². The summed E-state index contributed by atoms with van der Waals surface area (Å²) in [5, 5.41) is 0.827. The van der Waals surface area contributed by atoms with Crippen molar-refractivity contribution in [1.29, 1.82) is 0 Å². The van der Waals surface area contributed by atoms with Gasteiger partial charge in [0.15, 0.2) is 0 Å². The lowest BCUT2D eigenvalue weighted by Gasteiger charge is -2.23. The van der Waals surface area contributed by atoms with Gasteiger partial charge in [0, 0.05) is 28.8 Å². The molecule has 1 saturated carbocycles. The SMILES string of the molecule is C[C@H]1OCc2c1c(N)nc1ccc(C(=O)N(Cc3ccc(C(F)(F)F)cn3)C3CC3)cc21. The van der Waals surface area contributed by atoms with Gasteiger partial charge in [0.2, 0.25) is 0 Å². The molecule has 2 N–H and O–H groups in total. The molecular weight excluding hydrogens is 421 g/mol. The van der Waals surface area contributed by atoms with Crippen molar-refractivity contribution in [3.63, 3.8) is 0 Å². The lowest BCUT2D eigenvalue weighted by atomic mass is 10.00. The number of halogens is 3. The zero-order valence-electron chi connectivity index (χ0n) is 17.3. The highest BCUT2D eigenvalue weighted by molar-refractivity contribution is 5.99. The Morgan fingerprint density at radius 2 is 2.03 bits per heavy atom. The van der Waals surface area contributed by atoms with Crippen molar-refractivity contribution in [2.45, 2.75) is 51.2 Å². The molecule has 3 heterocycles. The number of rotatable bonds is 4. The highest BCUT2D eigenvalue weighted by atomic mass is 19.4. The van der Waals surface area contributed by atoms with Gasteiger partial charge in [0.05, 0.1) is 36.0 Å². The second-order valence-corrected chi connectivity index (χ2v) is 8.27. The predicted molar refractivity (Wildman–Crippen MR) is 111 cm³/mol. The molecule has 166 valence electrons. The summed E-state index contributed by atoms with van der Waals surface area (Å²) in [7, 11) is 0. The molecule has 6 nitrogen and oxygen atoms in total. The standard InChI is InChI=1S/C23H21F3N4O2/c1-12-20-18(11-32-12)17-8-13(2-7-19(17)29-21(20)27)22(31)30(16-5-6-16)10-15-4-3-14(9-28-15)23(24,25)26/h2-4,7-9,12,16H,5-6,10-11H2,1H3,(H2,27,29)/t12-/m1/s1. The number of carbonyl (C=O) groups excluding carboxylic acids is 1. The number of anilines is 1. The van der Waals surface area contributed by atoms with Crippen molar-refractivity contribution in [2.75, 3.05) is 5.73 Å². The first kappa shape index (κ1) is 20.7. The normalized spacial score (nSPS) is 18.1. The van der Waals surface area contributed by atoms with Crippen LogP contribution < -0.4 is 5.73 Å². The summed E-state index contributed by atoms with van der Waals surface area (Å²) in [6.07, 6.45) is -2.07. The lowest BCUT2D eigenvalue weighted by molar-refractivity contribution is -0.137. The Bertz CT molecular complexity index is 1210. The van der Waals surface area contributed by atoms with Crippen molar-refractivity contribution in [3.05, 3.63) is 64.5 Å². The lowest BCUT2D eigenvalue weighted by Crippen LogP contribution is -2.33. The van der Waals surface area contributed by atoms with Crippen molar-refractivity contribution >= 4 is 22.6 Å². The minimum absolute atomic E-state index is 0.0564. The number of pyridine rings is 2. The molecule has 0 spiro atoms. The van der Waals surface area contributed by atoms with E-state index < -0.39 is 11.7 Å². The third kappa shape index (κ3) is 3.66. The largest absolute Gasteiger partial charge is 0.417 e. The van der Waals surface area contributed by atoms with Crippen LogP contribution in [-0.4, -0.2) is 26.8 Å². The average Bonchev–Trinajstić information content (AvgIpc) is 3.52. The average molecular weight is 442 g/mol. The third-order valence-electron chi connectivity index (χ3n) is 6.03. The summed E-state index contributed by atoms with van der Waals surface area (Å²) in [5.74, 6) is 0.248. The van der Waals surface area contributed by atoms with Crippen molar-refractivity contribution in [1.82, 2.24) is 14.9 Å². The Morgan fingerprint density at radius 1 is 1.25 bits per heavy atom. The molecule has 1 aliphatic heterocycles. The molecule has 1 amide bonds. The Kier molecular flexibility index (Phi) is 4.81. The van der Waals surface area contributed by atoms with Gasteiger partial charge in [-0.1, -0.05) is 0 Å². The number of aromatic nitrogens is 2. The van der Waals surface area contributed by atoms with E-state index in [1.807, 2.05) is 6.92 Å². The fourth-order valence-corrected chi connectivity index (χ4v) is 4.18. The van der Waals surface area contributed by atoms with E-state index in [9.17, 15) is 18.0 Å². The van der Waals surface area contributed by atoms with Crippen molar-refractivity contribution in [2.24, 2.45) is 0 Å². The maximum atomic E-state index is 13.4. The number of amides is 1. The summed E-state index contributed by atoms with van der Waals surface area (Å²) >= 11 is 0. The van der Waals surface area contributed by atoms with Crippen LogP contribution in [-0.2, 0) is 24.1 Å². The van der Waals surface area contributed by atoms with Crippen LogP contribution in [0.15, 0.2) is 36.5 Å². The van der Waals surface area contributed by atoms with Crippen LogP contribution in [0, 0.1) is 0 Å². The Balaban J connectivity index is 1.45. The third-order valence-corrected chi connectivity index (χ3v) is 6.03. The summed E-state index contributed by atoms with van der Waals surface area (Å²) in [6.45, 7) is 2.47. The monoisotopic (exact) mass is 442 g/mol. The molecule has 0 saturated heterocycles. The van der Waals surface area contributed by atoms with E-state index in [0.29, 0.717) is 29.2 Å². The quantitative estimate of drug-likeness (QED) is 0.637. The Morgan fingerprint density at radius 3 is 2.69 bits per heavy atom. The second kappa shape index (κ2) is 7.44. The Labute approximate surface area is 182 Å². The minimum atomic E-state index is -4.44. The van der Waals surface area contributed by atoms with Gasteiger partial charge in [-0.2, -0.15) is 13.2 Å². The fraction of sp³-hybridized carbons (Fsp3) is 0.348. The van der Waals surface area contributed by atoms with E-state index in [-0.39, 0.29) is 24.6 Å². The first-order valence-electron chi connectivity index (χ1n) is 10.4. The summed E-state index contributed by atoms with van der Waals surface area (Å²) in [6, 6.07) is 7.65. The van der Waals surface area contributed by atoms with Gasteiger partial charge < -0.3 is 15.4 Å². The highest BCUT2D eigenvalue weighted by Crippen LogP contribution is 2.38. The number of fused-ring (bicyclic) bond motifs is 3.